The highest BCUT2D eigenvalue weighted by atomic mass is 35.5. The molecule has 1 saturated carbocycles. The summed E-state index contributed by atoms with van der Waals surface area (Å²) in [4.78, 5) is 14.8. The molecular formula is C15H23ClN4O. The van der Waals surface area contributed by atoms with E-state index in [1.54, 1.807) is 7.05 Å². The quantitative estimate of drug-likeness (QED) is 0.926. The van der Waals surface area contributed by atoms with E-state index in [-0.39, 0.29) is 5.91 Å². The minimum Gasteiger partial charge on any atom is -0.350 e. The molecule has 3 rings (SSSR count). The van der Waals surface area contributed by atoms with Crippen LogP contribution in [0.25, 0.3) is 0 Å². The Hall–Kier alpha value is -1.07. The first kappa shape index (κ1) is 14.9. The lowest BCUT2D eigenvalue weighted by molar-refractivity contribution is 0.0937. The molecule has 2 fully saturated rings. The zero-order valence-corrected chi connectivity index (χ0v) is 13.3. The number of carbonyl (C=O) groups is 1. The molecule has 0 aromatic carbocycles. The molecule has 21 heavy (non-hydrogen) atoms. The van der Waals surface area contributed by atoms with Gasteiger partial charge < -0.3 is 10.2 Å². The van der Waals surface area contributed by atoms with Crippen molar-refractivity contribution in [3.8, 4) is 0 Å². The zero-order valence-electron chi connectivity index (χ0n) is 12.5. The summed E-state index contributed by atoms with van der Waals surface area (Å²) < 4.78 is 1.52. The van der Waals surface area contributed by atoms with Crippen LogP contribution in [-0.2, 0) is 7.05 Å². The molecule has 6 heteroatoms. The summed E-state index contributed by atoms with van der Waals surface area (Å²) in [7, 11) is 1.73. The fraction of sp³-hybridized carbons (Fsp3) is 0.733. The average Bonchev–Trinajstić information content (AvgIpc) is 3.17. The van der Waals surface area contributed by atoms with E-state index in [2.05, 4.69) is 15.3 Å². The van der Waals surface area contributed by atoms with Crippen LogP contribution in [0.5, 0.6) is 0 Å². The monoisotopic (exact) mass is 310 g/mol. The fourth-order valence-electron chi connectivity index (χ4n) is 3.62. The number of hydrogen-bond donors (Lipinski definition) is 1. The van der Waals surface area contributed by atoms with Crippen LogP contribution in [0.2, 0.25) is 5.02 Å². The Bertz CT molecular complexity index is 490. The average molecular weight is 311 g/mol. The summed E-state index contributed by atoms with van der Waals surface area (Å²) in [6.07, 6.45) is 8.14. The molecule has 1 aliphatic carbocycles. The third-order valence-corrected chi connectivity index (χ3v) is 5.10. The first-order chi connectivity index (χ1) is 10.1. The Balaban J connectivity index is 1.49. The van der Waals surface area contributed by atoms with Gasteiger partial charge in [-0.05, 0) is 31.7 Å². The van der Waals surface area contributed by atoms with Gasteiger partial charge in [0.15, 0.2) is 0 Å². The summed E-state index contributed by atoms with van der Waals surface area (Å²) in [5, 5.41) is 7.42. The molecule has 2 aliphatic rings. The molecule has 1 aromatic heterocycles. The molecule has 5 nitrogen and oxygen atoms in total. The van der Waals surface area contributed by atoms with Crippen LogP contribution in [-0.4, -0.2) is 46.3 Å². The zero-order chi connectivity index (χ0) is 14.8. The second-order valence-electron chi connectivity index (χ2n) is 6.26. The van der Waals surface area contributed by atoms with E-state index in [1.807, 2.05) is 0 Å². The van der Waals surface area contributed by atoms with E-state index in [0.29, 0.717) is 16.6 Å². The van der Waals surface area contributed by atoms with Crippen molar-refractivity contribution in [2.75, 3.05) is 19.6 Å². The molecule has 1 saturated heterocycles. The van der Waals surface area contributed by atoms with Crippen molar-refractivity contribution in [1.82, 2.24) is 20.0 Å². The number of aromatic nitrogens is 2. The predicted molar refractivity (Wildman–Crippen MR) is 82.5 cm³/mol. The largest absolute Gasteiger partial charge is 0.350 e. The van der Waals surface area contributed by atoms with Crippen LogP contribution in [0.3, 0.4) is 0 Å². The van der Waals surface area contributed by atoms with Crippen molar-refractivity contribution >= 4 is 17.5 Å². The van der Waals surface area contributed by atoms with E-state index < -0.39 is 0 Å². The molecule has 1 aromatic rings. The van der Waals surface area contributed by atoms with Crippen LogP contribution in [0.4, 0.5) is 0 Å². The molecule has 0 radical (unpaired) electrons. The summed E-state index contributed by atoms with van der Waals surface area (Å²) in [5.74, 6) is 0.431. The van der Waals surface area contributed by atoms with Gasteiger partial charge in [0.05, 0.1) is 11.2 Å². The van der Waals surface area contributed by atoms with Crippen LogP contribution in [0, 0.1) is 5.92 Å². The topological polar surface area (TPSA) is 50.2 Å². The maximum atomic E-state index is 12.2. The number of amides is 1. The maximum Gasteiger partial charge on any atom is 0.271 e. The number of likely N-dealkylation sites (tertiary alicyclic amines) is 1. The minimum atomic E-state index is -0.126. The Kier molecular flexibility index (Phi) is 4.50. The normalized spacial score (nSPS) is 23.8. The number of halogens is 1. The molecule has 116 valence electrons. The standard InChI is InChI=1S/C15H23ClN4O/c1-19-14(13(16)9-18-19)15(21)17-8-11-6-7-20(10-11)12-4-2-3-5-12/h9,11-12H,2-8,10H2,1H3,(H,17,21)/t11-/m0/s1. The number of hydrogen-bond acceptors (Lipinski definition) is 3. The highest BCUT2D eigenvalue weighted by Gasteiger charge is 2.30. The second kappa shape index (κ2) is 6.36. The van der Waals surface area contributed by atoms with Crippen LogP contribution < -0.4 is 5.32 Å². The van der Waals surface area contributed by atoms with E-state index in [0.717, 1.165) is 19.1 Å². The summed E-state index contributed by atoms with van der Waals surface area (Å²) >= 11 is 5.99. The molecule has 1 atom stereocenters. The Morgan fingerprint density at radius 3 is 2.86 bits per heavy atom. The van der Waals surface area contributed by atoms with Crippen molar-refractivity contribution in [2.45, 2.75) is 38.1 Å². The van der Waals surface area contributed by atoms with Crippen molar-refractivity contribution < 1.29 is 4.79 Å². The minimum absolute atomic E-state index is 0.126. The fourth-order valence-corrected chi connectivity index (χ4v) is 3.87. The number of aryl methyl sites for hydroxylation is 1. The van der Waals surface area contributed by atoms with Crippen molar-refractivity contribution in [2.24, 2.45) is 13.0 Å². The molecule has 1 amide bonds. The summed E-state index contributed by atoms with van der Waals surface area (Å²) in [6, 6.07) is 0.789. The Morgan fingerprint density at radius 1 is 1.43 bits per heavy atom. The number of rotatable bonds is 4. The molecule has 1 N–H and O–H groups in total. The third-order valence-electron chi connectivity index (χ3n) is 4.82. The lowest BCUT2D eigenvalue weighted by Gasteiger charge is -2.23. The number of carbonyl (C=O) groups excluding carboxylic acids is 1. The van der Waals surface area contributed by atoms with Gasteiger partial charge in [0.1, 0.15) is 5.69 Å². The van der Waals surface area contributed by atoms with E-state index in [4.69, 9.17) is 11.6 Å². The van der Waals surface area contributed by atoms with Gasteiger partial charge in [-0.1, -0.05) is 24.4 Å². The third kappa shape index (κ3) is 3.24. The Morgan fingerprint density at radius 2 is 2.19 bits per heavy atom. The second-order valence-corrected chi connectivity index (χ2v) is 6.67. The van der Waals surface area contributed by atoms with E-state index >= 15 is 0 Å². The molecule has 0 bridgehead atoms. The first-order valence-electron chi connectivity index (χ1n) is 7.85. The summed E-state index contributed by atoms with van der Waals surface area (Å²) in [5.41, 5.74) is 0.447. The first-order valence-corrected chi connectivity index (χ1v) is 8.22. The molecule has 1 aliphatic heterocycles. The molecule has 0 spiro atoms. The van der Waals surface area contributed by atoms with E-state index in [9.17, 15) is 4.79 Å². The number of nitrogens with one attached hydrogen (secondary N) is 1. The highest BCUT2D eigenvalue weighted by Crippen LogP contribution is 2.28. The maximum absolute atomic E-state index is 12.2. The van der Waals surface area contributed by atoms with Crippen LogP contribution in [0.15, 0.2) is 6.20 Å². The highest BCUT2D eigenvalue weighted by molar-refractivity contribution is 6.33. The number of nitrogens with zero attached hydrogens (tertiary/aromatic N) is 3. The van der Waals surface area contributed by atoms with Gasteiger partial charge in [-0.15, -0.1) is 0 Å². The van der Waals surface area contributed by atoms with Crippen LogP contribution in [0.1, 0.15) is 42.6 Å². The summed E-state index contributed by atoms with van der Waals surface area (Å²) in [6.45, 7) is 3.02. The van der Waals surface area contributed by atoms with Gasteiger partial charge in [-0.3, -0.25) is 9.48 Å². The van der Waals surface area contributed by atoms with Gasteiger partial charge >= 0.3 is 0 Å². The SMILES string of the molecule is Cn1ncc(Cl)c1C(=O)NC[C@@H]1CCN(C2CCCC2)C1. The van der Waals surface area contributed by atoms with Gasteiger partial charge in [-0.2, -0.15) is 5.10 Å². The lowest BCUT2D eigenvalue weighted by Crippen LogP contribution is -2.34. The smallest absolute Gasteiger partial charge is 0.271 e. The van der Waals surface area contributed by atoms with Crippen molar-refractivity contribution in [3.63, 3.8) is 0 Å². The van der Waals surface area contributed by atoms with Gasteiger partial charge in [0.2, 0.25) is 0 Å². The molecule has 2 heterocycles. The van der Waals surface area contributed by atoms with Crippen molar-refractivity contribution in [3.05, 3.63) is 16.9 Å². The molecular weight excluding hydrogens is 288 g/mol. The molecule has 0 unspecified atom stereocenters. The van der Waals surface area contributed by atoms with E-state index in [1.165, 1.54) is 49.5 Å². The lowest BCUT2D eigenvalue weighted by atomic mass is 10.1. The van der Waals surface area contributed by atoms with Crippen LogP contribution >= 0.6 is 11.6 Å². The Labute approximate surface area is 130 Å². The van der Waals surface area contributed by atoms with Crippen molar-refractivity contribution in [1.29, 1.82) is 0 Å². The van der Waals surface area contributed by atoms with Gasteiger partial charge in [-0.25, -0.2) is 0 Å². The van der Waals surface area contributed by atoms with Gasteiger partial charge in [0, 0.05) is 26.2 Å². The predicted octanol–water partition coefficient (Wildman–Crippen LogP) is 2.07. The van der Waals surface area contributed by atoms with Gasteiger partial charge in [0.25, 0.3) is 5.91 Å².